The molecule has 1 aromatic carbocycles. The number of halogens is 1. The molecule has 2 N–H and O–H groups in total. The van der Waals surface area contributed by atoms with Crippen molar-refractivity contribution in [3.63, 3.8) is 0 Å². The van der Waals surface area contributed by atoms with Gasteiger partial charge in [0.05, 0.1) is 4.92 Å². The summed E-state index contributed by atoms with van der Waals surface area (Å²) >= 11 is 0. The van der Waals surface area contributed by atoms with Crippen molar-refractivity contribution in [2.45, 2.75) is 4.90 Å². The van der Waals surface area contributed by atoms with Gasteiger partial charge in [0.15, 0.2) is 0 Å². The molecule has 0 radical (unpaired) electrons. The zero-order chi connectivity index (χ0) is 10.4. The minimum absolute atomic E-state index is 0. The van der Waals surface area contributed by atoms with E-state index in [4.69, 9.17) is 5.73 Å². The molecule has 0 aliphatic heterocycles. The summed E-state index contributed by atoms with van der Waals surface area (Å²) in [6, 6.07) is 6.50. The van der Waals surface area contributed by atoms with E-state index in [2.05, 4.69) is 0 Å². The Balaban J connectivity index is 0.00000196. The van der Waals surface area contributed by atoms with Crippen LogP contribution in [-0.2, 0) is 0 Å². The predicted molar refractivity (Wildman–Crippen MR) is 67.7 cm³/mol. The van der Waals surface area contributed by atoms with E-state index in [9.17, 15) is 10.1 Å². The highest BCUT2D eigenvalue weighted by atomic mass is 35.5. The lowest BCUT2D eigenvalue weighted by Crippen LogP contribution is -1.99. The Kier molecular flexibility index (Phi) is 7.59. The number of hydrogen-bond acceptors (Lipinski definition) is 5. The maximum absolute atomic E-state index is 10.3. The van der Waals surface area contributed by atoms with E-state index in [0.29, 0.717) is 6.54 Å². The Labute approximate surface area is 102 Å². The minimum Gasteiger partial charge on any atom is -0.330 e. The molecule has 0 aromatic heterocycles. The standard InChI is InChI=1S/C8H10N2O2S2.ClH/c9-5-6-13-14-8-3-1-7(2-4-8)10(11)12;/h1-4H,5-6,9H2;1H. The van der Waals surface area contributed by atoms with Crippen LogP contribution in [0.3, 0.4) is 0 Å². The summed E-state index contributed by atoms with van der Waals surface area (Å²) in [7, 11) is 3.22. The van der Waals surface area contributed by atoms with E-state index in [-0.39, 0.29) is 18.1 Å². The van der Waals surface area contributed by atoms with Gasteiger partial charge in [-0.15, -0.1) is 12.4 Å². The fourth-order valence-corrected chi connectivity index (χ4v) is 2.62. The SMILES string of the molecule is Cl.NCCSSc1ccc([N+](=O)[O-])cc1. The molecule has 0 aliphatic rings. The lowest BCUT2D eigenvalue weighted by Gasteiger charge is -1.98. The zero-order valence-electron chi connectivity index (χ0n) is 7.79. The third kappa shape index (κ3) is 5.27. The fourth-order valence-electron chi connectivity index (χ4n) is 0.781. The number of nitrogens with zero attached hydrogens (tertiary/aromatic N) is 1. The van der Waals surface area contributed by atoms with E-state index < -0.39 is 4.92 Å². The van der Waals surface area contributed by atoms with E-state index in [1.165, 1.54) is 12.1 Å². The van der Waals surface area contributed by atoms with Crippen LogP contribution in [0.5, 0.6) is 0 Å². The molecular formula is C8H11ClN2O2S2. The van der Waals surface area contributed by atoms with Gasteiger partial charge in [0, 0.05) is 29.3 Å². The highest BCUT2D eigenvalue weighted by Gasteiger charge is 2.03. The normalized spacial score (nSPS) is 9.40. The van der Waals surface area contributed by atoms with Crippen LogP contribution in [0.1, 0.15) is 0 Å². The lowest BCUT2D eigenvalue weighted by atomic mass is 10.3. The number of nitro groups is 1. The van der Waals surface area contributed by atoms with E-state index >= 15 is 0 Å². The van der Waals surface area contributed by atoms with E-state index in [0.717, 1.165) is 10.6 Å². The fraction of sp³-hybridized carbons (Fsp3) is 0.250. The number of nitro benzene ring substituents is 1. The van der Waals surface area contributed by atoms with Crippen LogP contribution in [0.4, 0.5) is 5.69 Å². The smallest absolute Gasteiger partial charge is 0.269 e. The first-order valence-electron chi connectivity index (χ1n) is 3.98. The van der Waals surface area contributed by atoms with Crippen LogP contribution < -0.4 is 5.73 Å². The Hall–Kier alpha value is -0.430. The molecule has 0 heterocycles. The first-order chi connectivity index (χ1) is 6.74. The first-order valence-corrected chi connectivity index (χ1v) is 6.30. The van der Waals surface area contributed by atoms with Crippen molar-refractivity contribution in [1.29, 1.82) is 0 Å². The maximum atomic E-state index is 10.3. The second-order valence-corrected chi connectivity index (χ2v) is 4.93. The van der Waals surface area contributed by atoms with Gasteiger partial charge < -0.3 is 5.73 Å². The minimum atomic E-state index is -0.401. The molecule has 84 valence electrons. The second-order valence-electron chi connectivity index (χ2n) is 2.44. The van der Waals surface area contributed by atoms with Crippen molar-refractivity contribution in [1.82, 2.24) is 0 Å². The van der Waals surface area contributed by atoms with Gasteiger partial charge in [0.2, 0.25) is 0 Å². The van der Waals surface area contributed by atoms with Gasteiger partial charge in [-0.25, -0.2) is 0 Å². The highest BCUT2D eigenvalue weighted by Crippen LogP contribution is 2.31. The second kappa shape index (κ2) is 7.81. The molecule has 0 atom stereocenters. The third-order valence-electron chi connectivity index (χ3n) is 1.40. The topological polar surface area (TPSA) is 69.2 Å². The van der Waals surface area contributed by atoms with Crippen molar-refractivity contribution in [2.75, 3.05) is 12.3 Å². The van der Waals surface area contributed by atoms with Gasteiger partial charge in [0.1, 0.15) is 0 Å². The maximum Gasteiger partial charge on any atom is 0.269 e. The molecule has 1 aromatic rings. The van der Waals surface area contributed by atoms with Gasteiger partial charge >= 0.3 is 0 Å². The molecule has 0 saturated carbocycles. The van der Waals surface area contributed by atoms with Crippen LogP contribution in [0.15, 0.2) is 29.2 Å². The van der Waals surface area contributed by atoms with Crippen LogP contribution in [0.25, 0.3) is 0 Å². The third-order valence-corrected chi connectivity index (χ3v) is 3.82. The Morgan fingerprint density at radius 3 is 2.40 bits per heavy atom. The summed E-state index contributed by atoms with van der Waals surface area (Å²) in [5.41, 5.74) is 5.46. The molecule has 15 heavy (non-hydrogen) atoms. The van der Waals surface area contributed by atoms with Gasteiger partial charge in [-0.2, -0.15) is 0 Å². The molecule has 4 nitrogen and oxygen atoms in total. The lowest BCUT2D eigenvalue weighted by molar-refractivity contribution is -0.384. The van der Waals surface area contributed by atoms with Crippen LogP contribution in [0, 0.1) is 10.1 Å². The van der Waals surface area contributed by atoms with Crippen LogP contribution >= 0.6 is 34.0 Å². The van der Waals surface area contributed by atoms with Crippen molar-refractivity contribution < 1.29 is 4.92 Å². The summed E-state index contributed by atoms with van der Waals surface area (Å²) in [6.07, 6.45) is 0. The quantitative estimate of drug-likeness (QED) is 0.384. The highest BCUT2D eigenvalue weighted by molar-refractivity contribution is 8.76. The molecule has 0 amide bonds. The Morgan fingerprint density at radius 1 is 1.33 bits per heavy atom. The molecule has 0 aliphatic carbocycles. The molecular weight excluding hydrogens is 256 g/mol. The number of hydrogen-bond donors (Lipinski definition) is 1. The molecule has 0 saturated heterocycles. The Morgan fingerprint density at radius 2 is 1.93 bits per heavy atom. The monoisotopic (exact) mass is 266 g/mol. The van der Waals surface area contributed by atoms with Gasteiger partial charge in [-0.3, -0.25) is 10.1 Å². The van der Waals surface area contributed by atoms with E-state index in [1.807, 2.05) is 0 Å². The summed E-state index contributed by atoms with van der Waals surface area (Å²) in [5.74, 6) is 0.877. The van der Waals surface area contributed by atoms with Gasteiger partial charge in [-0.1, -0.05) is 21.6 Å². The van der Waals surface area contributed by atoms with Crippen LogP contribution in [0.2, 0.25) is 0 Å². The summed E-state index contributed by atoms with van der Waals surface area (Å²) in [5, 5.41) is 10.3. The zero-order valence-corrected chi connectivity index (χ0v) is 10.2. The number of benzene rings is 1. The van der Waals surface area contributed by atoms with E-state index in [1.54, 1.807) is 33.7 Å². The summed E-state index contributed by atoms with van der Waals surface area (Å²) < 4.78 is 0. The summed E-state index contributed by atoms with van der Waals surface area (Å²) in [4.78, 5) is 11.0. The first kappa shape index (κ1) is 14.6. The number of nitrogens with two attached hydrogens (primary N) is 1. The van der Waals surface area contributed by atoms with Crippen molar-refractivity contribution >= 4 is 39.7 Å². The van der Waals surface area contributed by atoms with Crippen molar-refractivity contribution in [3.05, 3.63) is 34.4 Å². The van der Waals surface area contributed by atoms with Gasteiger partial charge in [-0.05, 0) is 12.1 Å². The van der Waals surface area contributed by atoms with Crippen LogP contribution in [-0.4, -0.2) is 17.2 Å². The average molecular weight is 267 g/mol. The molecule has 7 heteroatoms. The molecule has 1 rings (SSSR count). The molecule has 0 bridgehead atoms. The molecule has 0 spiro atoms. The van der Waals surface area contributed by atoms with Gasteiger partial charge in [0.25, 0.3) is 5.69 Å². The summed E-state index contributed by atoms with van der Waals surface area (Å²) in [6.45, 7) is 0.644. The average Bonchev–Trinajstić information content (AvgIpc) is 2.19. The predicted octanol–water partition coefficient (Wildman–Crippen LogP) is 2.72. The molecule has 0 fully saturated rings. The number of rotatable bonds is 5. The largest absolute Gasteiger partial charge is 0.330 e. The molecule has 0 unspecified atom stereocenters. The van der Waals surface area contributed by atoms with Crippen molar-refractivity contribution in [2.24, 2.45) is 5.73 Å². The van der Waals surface area contributed by atoms with Crippen molar-refractivity contribution in [3.8, 4) is 0 Å². The Bertz CT molecular complexity index is 308. The number of non-ortho nitro benzene ring substituents is 1.